The van der Waals surface area contributed by atoms with Crippen LogP contribution in [0.4, 0.5) is 0 Å². The van der Waals surface area contributed by atoms with Gasteiger partial charge in [0.05, 0.1) is 19.8 Å². The Hall–Kier alpha value is 0.530. The molecule has 2 atom stereocenters. The summed E-state index contributed by atoms with van der Waals surface area (Å²) in [6, 6.07) is 0. The van der Waals surface area contributed by atoms with Gasteiger partial charge in [-0.25, -0.2) is 0 Å². The van der Waals surface area contributed by atoms with Gasteiger partial charge in [0.2, 0.25) is 0 Å². The van der Waals surface area contributed by atoms with Gasteiger partial charge < -0.3 is 13.8 Å². The summed E-state index contributed by atoms with van der Waals surface area (Å²) in [6.07, 6.45) is 0.852. The molecule has 0 radical (unpaired) electrons. The van der Waals surface area contributed by atoms with Gasteiger partial charge in [0.1, 0.15) is 0 Å². The third-order valence-electron chi connectivity index (χ3n) is 2.63. The molecule has 90 valence electrons. The average Bonchev–Trinajstić information content (AvgIpc) is 2.52. The average molecular weight is 252 g/mol. The Morgan fingerprint density at radius 3 is 2.27 bits per heavy atom. The molecule has 1 heterocycles. The van der Waals surface area contributed by atoms with Crippen molar-refractivity contribution >= 4 is 18.3 Å². The third kappa shape index (κ3) is 4.12. The molecular formula is C10H21O3PS. The quantitative estimate of drug-likeness (QED) is 0.679. The molecular weight excluding hydrogens is 231 g/mol. The summed E-state index contributed by atoms with van der Waals surface area (Å²) in [5.74, 6) is 1.09. The second-order valence-electron chi connectivity index (χ2n) is 3.90. The second kappa shape index (κ2) is 6.31. The molecule has 0 bridgehead atoms. The molecule has 0 saturated carbocycles. The topological polar surface area (TPSA) is 27.7 Å². The maximum absolute atomic E-state index is 5.63. The molecule has 0 amide bonds. The minimum Gasteiger partial charge on any atom is -0.381 e. The Morgan fingerprint density at radius 1 is 1.27 bits per heavy atom. The Kier molecular flexibility index (Phi) is 5.72. The molecule has 0 aromatic rings. The molecule has 0 N–H and O–H groups in total. The predicted octanol–water partition coefficient (Wildman–Crippen LogP) is 2.65. The van der Waals surface area contributed by atoms with Gasteiger partial charge in [-0.2, -0.15) is 0 Å². The number of ether oxygens (including phenoxy) is 1. The summed E-state index contributed by atoms with van der Waals surface area (Å²) >= 11 is 5.50. The lowest BCUT2D eigenvalue weighted by Gasteiger charge is -2.25. The monoisotopic (exact) mass is 252 g/mol. The minimum absolute atomic E-state index is 0.508. The standard InChI is InChI=1S/C10H21O3PS/c1-4-12-14(15,13-5-2)8-10-7-11-6-9(10)3/h9-10H,4-8H2,1-3H3. The van der Waals surface area contributed by atoms with Crippen LogP contribution in [0.25, 0.3) is 0 Å². The Morgan fingerprint density at radius 2 is 1.87 bits per heavy atom. The van der Waals surface area contributed by atoms with Crippen molar-refractivity contribution in [3.63, 3.8) is 0 Å². The molecule has 1 rings (SSSR count). The van der Waals surface area contributed by atoms with Crippen molar-refractivity contribution in [2.75, 3.05) is 32.6 Å². The van der Waals surface area contributed by atoms with Gasteiger partial charge in [0, 0.05) is 12.8 Å². The first kappa shape index (κ1) is 13.6. The van der Waals surface area contributed by atoms with E-state index >= 15 is 0 Å². The van der Waals surface area contributed by atoms with Crippen LogP contribution in [0.5, 0.6) is 0 Å². The molecule has 15 heavy (non-hydrogen) atoms. The van der Waals surface area contributed by atoms with Crippen molar-refractivity contribution < 1.29 is 13.8 Å². The van der Waals surface area contributed by atoms with Crippen LogP contribution in [0.15, 0.2) is 0 Å². The van der Waals surface area contributed by atoms with Crippen molar-refractivity contribution in [2.45, 2.75) is 20.8 Å². The fourth-order valence-electron chi connectivity index (χ4n) is 1.76. The number of rotatable bonds is 6. The highest BCUT2D eigenvalue weighted by Crippen LogP contribution is 2.51. The lowest BCUT2D eigenvalue weighted by atomic mass is 10.0. The lowest BCUT2D eigenvalue weighted by molar-refractivity contribution is 0.182. The third-order valence-corrected chi connectivity index (χ3v) is 5.93. The van der Waals surface area contributed by atoms with E-state index in [1.54, 1.807) is 0 Å². The first-order chi connectivity index (χ1) is 7.11. The van der Waals surface area contributed by atoms with E-state index in [1.165, 1.54) is 0 Å². The summed E-state index contributed by atoms with van der Waals surface area (Å²) in [7, 11) is 0. The van der Waals surface area contributed by atoms with Crippen LogP contribution >= 0.6 is 6.49 Å². The largest absolute Gasteiger partial charge is 0.381 e. The number of hydrogen-bond acceptors (Lipinski definition) is 4. The molecule has 0 aliphatic carbocycles. The summed E-state index contributed by atoms with van der Waals surface area (Å²) in [4.78, 5) is 0. The first-order valence-electron chi connectivity index (χ1n) is 5.57. The Bertz CT molecular complexity index is 225. The Labute approximate surface area is 97.7 Å². The first-order valence-corrected chi connectivity index (χ1v) is 8.39. The maximum atomic E-state index is 5.63. The SMILES string of the molecule is CCOP(=S)(CC1COCC1C)OCC. The fraction of sp³-hybridized carbons (Fsp3) is 1.00. The molecule has 2 unspecified atom stereocenters. The van der Waals surface area contributed by atoms with Crippen LogP contribution in [0.2, 0.25) is 0 Å². The van der Waals surface area contributed by atoms with Crippen molar-refractivity contribution in [3.05, 3.63) is 0 Å². The van der Waals surface area contributed by atoms with Crippen LogP contribution in [-0.2, 0) is 25.6 Å². The van der Waals surface area contributed by atoms with Gasteiger partial charge in [-0.1, -0.05) is 6.92 Å². The van der Waals surface area contributed by atoms with Crippen molar-refractivity contribution in [3.8, 4) is 0 Å². The van der Waals surface area contributed by atoms with E-state index < -0.39 is 6.49 Å². The lowest BCUT2D eigenvalue weighted by Crippen LogP contribution is -2.16. The highest BCUT2D eigenvalue weighted by molar-refractivity contribution is 8.09. The van der Waals surface area contributed by atoms with Crippen LogP contribution in [0.1, 0.15) is 20.8 Å². The van der Waals surface area contributed by atoms with Crippen LogP contribution in [0.3, 0.4) is 0 Å². The number of hydrogen-bond donors (Lipinski definition) is 0. The van der Waals surface area contributed by atoms with E-state index in [2.05, 4.69) is 6.92 Å². The molecule has 1 fully saturated rings. The zero-order valence-electron chi connectivity index (χ0n) is 9.77. The van der Waals surface area contributed by atoms with Gasteiger partial charge in [-0.3, -0.25) is 0 Å². The minimum atomic E-state index is -2.05. The van der Waals surface area contributed by atoms with E-state index in [0.717, 1.165) is 19.4 Å². The summed E-state index contributed by atoms with van der Waals surface area (Å²) in [6.45, 7) is 7.01. The van der Waals surface area contributed by atoms with E-state index in [-0.39, 0.29) is 0 Å². The van der Waals surface area contributed by atoms with Crippen molar-refractivity contribution in [1.82, 2.24) is 0 Å². The molecule has 5 heteroatoms. The molecule has 0 aromatic heterocycles. The molecule has 0 spiro atoms. The van der Waals surface area contributed by atoms with Gasteiger partial charge in [0.15, 0.2) is 6.49 Å². The zero-order chi connectivity index (χ0) is 11.3. The highest BCUT2D eigenvalue weighted by Gasteiger charge is 2.31. The van der Waals surface area contributed by atoms with Crippen LogP contribution < -0.4 is 0 Å². The fourth-order valence-corrected chi connectivity index (χ4v) is 5.08. The zero-order valence-corrected chi connectivity index (χ0v) is 11.5. The van der Waals surface area contributed by atoms with Gasteiger partial charge in [0.25, 0.3) is 0 Å². The maximum Gasteiger partial charge on any atom is 0.189 e. The summed E-state index contributed by atoms with van der Waals surface area (Å²) in [5, 5.41) is 0. The van der Waals surface area contributed by atoms with Crippen molar-refractivity contribution in [1.29, 1.82) is 0 Å². The van der Waals surface area contributed by atoms with Gasteiger partial charge >= 0.3 is 0 Å². The second-order valence-corrected chi connectivity index (χ2v) is 7.68. The summed E-state index contributed by atoms with van der Waals surface area (Å²) < 4.78 is 16.7. The summed E-state index contributed by atoms with van der Waals surface area (Å²) in [5.41, 5.74) is 0. The van der Waals surface area contributed by atoms with E-state index in [1.807, 2.05) is 13.8 Å². The molecule has 3 nitrogen and oxygen atoms in total. The van der Waals surface area contributed by atoms with E-state index in [0.29, 0.717) is 25.0 Å². The smallest absolute Gasteiger partial charge is 0.189 e. The normalized spacial score (nSPS) is 27.1. The molecule has 1 aliphatic rings. The molecule has 1 aliphatic heterocycles. The highest BCUT2D eigenvalue weighted by atomic mass is 32.5. The molecule has 1 saturated heterocycles. The van der Waals surface area contributed by atoms with E-state index in [4.69, 9.17) is 25.6 Å². The van der Waals surface area contributed by atoms with Crippen molar-refractivity contribution in [2.24, 2.45) is 11.8 Å². The van der Waals surface area contributed by atoms with Gasteiger partial charge in [-0.15, -0.1) is 0 Å². The molecule has 0 aromatic carbocycles. The Balaban J connectivity index is 2.53. The van der Waals surface area contributed by atoms with Crippen LogP contribution in [0, 0.1) is 11.8 Å². The predicted molar refractivity (Wildman–Crippen MR) is 65.9 cm³/mol. The van der Waals surface area contributed by atoms with E-state index in [9.17, 15) is 0 Å². The van der Waals surface area contributed by atoms with Gasteiger partial charge in [-0.05, 0) is 37.5 Å². The van der Waals surface area contributed by atoms with Crippen LogP contribution in [-0.4, -0.2) is 32.6 Å².